The SMILES string of the molecule is CCCN1c2cccc(OC)c2-c2c3c(OC)cccc3[n+](CCC)c3c(N(C)C)ccc1c23. The van der Waals surface area contributed by atoms with E-state index in [9.17, 15) is 0 Å². The van der Waals surface area contributed by atoms with Crippen LogP contribution in [0.3, 0.4) is 0 Å². The number of hydrogen-bond acceptors (Lipinski definition) is 4. The number of pyridine rings is 1. The van der Waals surface area contributed by atoms with Gasteiger partial charge in [0.05, 0.1) is 36.4 Å². The summed E-state index contributed by atoms with van der Waals surface area (Å²) in [5.74, 6) is 1.78. The molecule has 0 saturated carbocycles. The molecule has 0 radical (unpaired) electrons. The highest BCUT2D eigenvalue weighted by Gasteiger charge is 2.36. The average molecular weight is 457 g/mol. The Bertz CT molecular complexity index is 1390. The molecule has 0 aliphatic carbocycles. The van der Waals surface area contributed by atoms with Crippen molar-refractivity contribution in [2.45, 2.75) is 33.2 Å². The molecule has 1 aromatic heterocycles. The third kappa shape index (κ3) is 3.10. The van der Waals surface area contributed by atoms with Crippen LogP contribution in [0.15, 0.2) is 48.5 Å². The lowest BCUT2D eigenvalue weighted by Crippen LogP contribution is -2.38. The molecule has 1 aliphatic rings. The zero-order valence-electron chi connectivity index (χ0n) is 21.1. The van der Waals surface area contributed by atoms with E-state index in [1.165, 1.54) is 39.0 Å². The summed E-state index contributed by atoms with van der Waals surface area (Å²) in [6.07, 6.45) is 2.09. The van der Waals surface area contributed by atoms with Crippen LogP contribution in [0.5, 0.6) is 11.5 Å². The van der Waals surface area contributed by atoms with Crippen molar-refractivity contribution in [2.75, 3.05) is 44.7 Å². The maximum atomic E-state index is 5.98. The molecule has 3 aromatic carbocycles. The number of anilines is 3. The molecule has 1 aliphatic heterocycles. The molecule has 0 atom stereocenters. The molecule has 5 nitrogen and oxygen atoms in total. The van der Waals surface area contributed by atoms with E-state index in [1.807, 2.05) is 0 Å². The fourth-order valence-corrected chi connectivity index (χ4v) is 5.55. The number of ether oxygens (including phenoxy) is 2. The normalized spacial score (nSPS) is 12.2. The minimum absolute atomic E-state index is 0.890. The number of aryl methyl sites for hydroxylation is 1. The maximum Gasteiger partial charge on any atom is 0.239 e. The molecule has 176 valence electrons. The van der Waals surface area contributed by atoms with Crippen molar-refractivity contribution >= 4 is 38.9 Å². The van der Waals surface area contributed by atoms with E-state index in [-0.39, 0.29) is 0 Å². The number of fused-ring (bicyclic) bond motifs is 4. The molecule has 0 fully saturated rings. The summed E-state index contributed by atoms with van der Waals surface area (Å²) in [4.78, 5) is 4.69. The minimum Gasteiger partial charge on any atom is -0.496 e. The van der Waals surface area contributed by atoms with Gasteiger partial charge in [0, 0.05) is 44.3 Å². The van der Waals surface area contributed by atoms with Gasteiger partial charge in [0.15, 0.2) is 0 Å². The Morgan fingerprint density at radius 1 is 0.794 bits per heavy atom. The smallest absolute Gasteiger partial charge is 0.239 e. The Morgan fingerprint density at radius 2 is 1.53 bits per heavy atom. The van der Waals surface area contributed by atoms with Crippen molar-refractivity contribution in [1.82, 2.24) is 0 Å². The highest BCUT2D eigenvalue weighted by atomic mass is 16.5. The fraction of sp³-hybridized carbons (Fsp3) is 0.345. The summed E-state index contributed by atoms with van der Waals surface area (Å²) >= 11 is 0. The maximum absolute atomic E-state index is 5.98. The number of nitrogens with zero attached hydrogens (tertiary/aromatic N) is 3. The zero-order valence-corrected chi connectivity index (χ0v) is 21.1. The summed E-state index contributed by atoms with van der Waals surface area (Å²) in [6.45, 7) is 6.35. The third-order valence-corrected chi connectivity index (χ3v) is 6.85. The van der Waals surface area contributed by atoms with Crippen molar-refractivity contribution in [1.29, 1.82) is 0 Å². The second kappa shape index (κ2) is 8.71. The standard InChI is InChI=1S/C29H34N3O2/c1-7-17-31-19-11-9-13-23(33-5)25(19)28-26-20(12-10-14-24(26)34-6)32(18-8-2)29-22(30(3)4)16-15-21(31)27(28)29/h9-16H,7-8,17-18H2,1-6H3/q+1. The van der Waals surface area contributed by atoms with Crippen molar-refractivity contribution in [3.63, 3.8) is 0 Å². The van der Waals surface area contributed by atoms with Crippen LogP contribution >= 0.6 is 0 Å². The lowest BCUT2D eigenvalue weighted by Gasteiger charge is -2.34. The average Bonchev–Trinajstić information content (AvgIpc) is 2.86. The molecule has 0 bridgehead atoms. The largest absolute Gasteiger partial charge is 0.496 e. The Balaban J connectivity index is 2.13. The van der Waals surface area contributed by atoms with Crippen molar-refractivity contribution < 1.29 is 14.0 Å². The van der Waals surface area contributed by atoms with Crippen molar-refractivity contribution in [3.05, 3.63) is 48.5 Å². The summed E-state index contributed by atoms with van der Waals surface area (Å²) in [5, 5.41) is 2.41. The molecule has 0 N–H and O–H groups in total. The Morgan fingerprint density at radius 3 is 2.21 bits per heavy atom. The third-order valence-electron chi connectivity index (χ3n) is 6.85. The lowest BCUT2D eigenvalue weighted by atomic mass is 9.88. The van der Waals surface area contributed by atoms with E-state index >= 15 is 0 Å². The van der Waals surface area contributed by atoms with Crippen molar-refractivity contribution in [2.24, 2.45) is 0 Å². The molecule has 0 spiro atoms. The summed E-state index contributed by atoms with van der Waals surface area (Å²) in [6, 6.07) is 17.3. The number of rotatable bonds is 7. The highest BCUT2D eigenvalue weighted by molar-refractivity contribution is 6.21. The highest BCUT2D eigenvalue weighted by Crippen LogP contribution is 2.55. The van der Waals surface area contributed by atoms with Crippen LogP contribution in [-0.2, 0) is 6.54 Å². The van der Waals surface area contributed by atoms with Gasteiger partial charge in [-0.2, -0.15) is 4.57 Å². The van der Waals surface area contributed by atoms with E-state index in [4.69, 9.17) is 9.47 Å². The first-order valence-electron chi connectivity index (χ1n) is 12.2. The summed E-state index contributed by atoms with van der Waals surface area (Å²) in [5.41, 5.74) is 8.44. The van der Waals surface area contributed by atoms with E-state index in [0.717, 1.165) is 48.4 Å². The molecule has 0 amide bonds. The second-order valence-corrected chi connectivity index (χ2v) is 9.11. The topological polar surface area (TPSA) is 28.8 Å². The van der Waals surface area contributed by atoms with Gasteiger partial charge in [-0.1, -0.05) is 26.0 Å². The molecular formula is C29H34N3O2+. The second-order valence-electron chi connectivity index (χ2n) is 9.11. The van der Waals surface area contributed by atoms with Gasteiger partial charge in [-0.15, -0.1) is 0 Å². The first-order chi connectivity index (χ1) is 16.6. The van der Waals surface area contributed by atoms with E-state index in [1.54, 1.807) is 14.2 Å². The number of benzene rings is 3. The summed E-state index contributed by atoms with van der Waals surface area (Å²) < 4.78 is 14.4. The van der Waals surface area contributed by atoms with Crippen LogP contribution in [0, 0.1) is 0 Å². The monoisotopic (exact) mass is 456 g/mol. The first-order valence-corrected chi connectivity index (χ1v) is 12.2. The molecule has 5 heteroatoms. The predicted octanol–water partition coefficient (Wildman–Crippen LogP) is 6.30. The Hall–Kier alpha value is -3.47. The van der Waals surface area contributed by atoms with Crippen LogP contribution < -0.4 is 23.8 Å². The number of methoxy groups -OCH3 is 2. The van der Waals surface area contributed by atoms with Gasteiger partial charge in [-0.05, 0) is 36.8 Å². The van der Waals surface area contributed by atoms with Gasteiger partial charge in [0.2, 0.25) is 11.0 Å². The Kier molecular flexibility index (Phi) is 5.72. The predicted molar refractivity (Wildman–Crippen MR) is 142 cm³/mol. The molecule has 0 saturated heterocycles. The van der Waals surface area contributed by atoms with Crippen LogP contribution in [0.1, 0.15) is 26.7 Å². The molecule has 4 aromatic rings. The number of aromatic nitrogens is 1. The minimum atomic E-state index is 0.890. The van der Waals surface area contributed by atoms with Gasteiger partial charge < -0.3 is 19.3 Å². The Labute approximate surface area is 202 Å². The van der Waals surface area contributed by atoms with Crippen LogP contribution in [-0.4, -0.2) is 34.9 Å². The first kappa shape index (κ1) is 22.3. The van der Waals surface area contributed by atoms with E-state index < -0.39 is 0 Å². The zero-order chi connectivity index (χ0) is 24.0. The van der Waals surface area contributed by atoms with Gasteiger partial charge in [0.25, 0.3) is 0 Å². The van der Waals surface area contributed by atoms with Crippen LogP contribution in [0.2, 0.25) is 0 Å². The van der Waals surface area contributed by atoms with Gasteiger partial charge >= 0.3 is 0 Å². The van der Waals surface area contributed by atoms with Crippen LogP contribution in [0.25, 0.3) is 32.9 Å². The van der Waals surface area contributed by atoms with Gasteiger partial charge in [-0.3, -0.25) is 0 Å². The molecule has 5 rings (SSSR count). The number of hydrogen-bond donors (Lipinski definition) is 0. The quantitative estimate of drug-likeness (QED) is 0.241. The fourth-order valence-electron chi connectivity index (χ4n) is 5.55. The van der Waals surface area contributed by atoms with Crippen molar-refractivity contribution in [3.8, 4) is 22.6 Å². The van der Waals surface area contributed by atoms with Gasteiger partial charge in [-0.25, -0.2) is 0 Å². The molecule has 0 unspecified atom stereocenters. The van der Waals surface area contributed by atoms with Crippen LogP contribution in [0.4, 0.5) is 17.1 Å². The molecule has 2 heterocycles. The molecular weight excluding hydrogens is 422 g/mol. The lowest BCUT2D eigenvalue weighted by molar-refractivity contribution is -0.644. The van der Waals surface area contributed by atoms with Gasteiger partial charge in [0.1, 0.15) is 23.7 Å². The van der Waals surface area contributed by atoms with E-state index in [2.05, 4.69) is 90.8 Å². The molecule has 34 heavy (non-hydrogen) atoms. The summed E-state index contributed by atoms with van der Waals surface area (Å²) in [7, 11) is 7.79. The van der Waals surface area contributed by atoms with E-state index in [0.29, 0.717) is 0 Å².